The van der Waals surface area contributed by atoms with E-state index in [2.05, 4.69) is 32.2 Å². The summed E-state index contributed by atoms with van der Waals surface area (Å²) < 4.78 is 23.6. The maximum atomic E-state index is 15.1. The van der Waals surface area contributed by atoms with Gasteiger partial charge in [0.25, 0.3) is 0 Å². The van der Waals surface area contributed by atoms with Gasteiger partial charge in [-0.05, 0) is 35.9 Å². The molecule has 0 bridgehead atoms. The first-order chi connectivity index (χ1) is 16.9. The zero-order chi connectivity index (χ0) is 24.5. The van der Waals surface area contributed by atoms with Gasteiger partial charge in [0, 0.05) is 36.1 Å². The van der Waals surface area contributed by atoms with Crippen LogP contribution in [0.1, 0.15) is 0 Å². The number of aromatic nitrogens is 6. The van der Waals surface area contributed by atoms with Gasteiger partial charge in [-0.25, -0.2) is 9.37 Å². The maximum Gasteiger partial charge on any atom is 0.247 e. The van der Waals surface area contributed by atoms with Crippen molar-refractivity contribution >= 4 is 22.9 Å². The van der Waals surface area contributed by atoms with Crippen LogP contribution in [0.2, 0.25) is 0 Å². The Hall–Kier alpha value is -5.06. The molecule has 3 N–H and O–H groups in total. The van der Waals surface area contributed by atoms with Crippen LogP contribution in [0.5, 0.6) is 11.6 Å². The van der Waals surface area contributed by atoms with Gasteiger partial charge >= 0.3 is 0 Å². The van der Waals surface area contributed by atoms with Crippen LogP contribution >= 0.6 is 0 Å². The highest BCUT2D eigenvalue weighted by Gasteiger charge is 2.21. The van der Waals surface area contributed by atoms with E-state index in [1.165, 1.54) is 29.2 Å². The number of halogens is 1. The molecule has 0 saturated carbocycles. The molecule has 5 rings (SSSR count). The summed E-state index contributed by atoms with van der Waals surface area (Å²) in [5, 5.41) is 15.5. The van der Waals surface area contributed by atoms with Gasteiger partial charge < -0.3 is 15.8 Å². The SMILES string of the molecule is C=CC(=O)Nc1ccc(-c2nn3ncnc(N)c3c2-c2ccc(Oc3ccn(C)n3)c(F)c2)cc1. The molecular formula is C24H19FN8O2. The van der Waals surface area contributed by atoms with E-state index in [9.17, 15) is 4.79 Å². The molecular weight excluding hydrogens is 451 g/mol. The molecule has 0 aliphatic rings. The Bertz CT molecular complexity index is 1570. The zero-order valence-corrected chi connectivity index (χ0v) is 18.5. The molecule has 174 valence electrons. The van der Waals surface area contributed by atoms with Crippen LogP contribution in [0.4, 0.5) is 15.9 Å². The molecule has 2 aromatic carbocycles. The van der Waals surface area contributed by atoms with Gasteiger partial charge in [-0.15, -0.1) is 19.9 Å². The standard InChI is InChI=1S/C24H19FN8O2/c1-3-19(34)29-16-7-4-14(5-8-16)22-21(23-24(26)27-13-28-33(23)31-22)15-6-9-18(17(25)12-15)35-20-10-11-32(2)30-20/h3-13H,1H2,2H3,(H,29,34)(H2,26,27,28). The molecule has 0 fully saturated rings. The van der Waals surface area contributed by atoms with Gasteiger partial charge in [0.05, 0.1) is 0 Å². The summed E-state index contributed by atoms with van der Waals surface area (Å²) in [6, 6.07) is 13.2. The van der Waals surface area contributed by atoms with Crippen molar-refractivity contribution < 1.29 is 13.9 Å². The number of amides is 1. The van der Waals surface area contributed by atoms with Gasteiger partial charge in [0.15, 0.2) is 17.4 Å². The van der Waals surface area contributed by atoms with Crippen LogP contribution in [0, 0.1) is 5.82 Å². The van der Waals surface area contributed by atoms with Crippen LogP contribution in [0.3, 0.4) is 0 Å². The Morgan fingerprint density at radius 2 is 1.91 bits per heavy atom. The molecule has 0 aliphatic heterocycles. The van der Waals surface area contributed by atoms with Crippen LogP contribution < -0.4 is 15.8 Å². The summed E-state index contributed by atoms with van der Waals surface area (Å²) in [5.74, 6) is -0.416. The molecule has 0 spiro atoms. The third-order valence-corrected chi connectivity index (χ3v) is 5.20. The normalized spacial score (nSPS) is 10.9. The number of anilines is 2. The van der Waals surface area contributed by atoms with Gasteiger partial charge in [0.2, 0.25) is 11.8 Å². The third-order valence-electron chi connectivity index (χ3n) is 5.20. The van der Waals surface area contributed by atoms with Gasteiger partial charge in [-0.3, -0.25) is 9.48 Å². The minimum Gasteiger partial charge on any atom is -0.434 e. The number of nitrogens with zero attached hydrogens (tertiary/aromatic N) is 6. The molecule has 0 unspecified atom stereocenters. The number of carbonyl (C=O) groups excluding carboxylic acids is 1. The number of hydrogen-bond donors (Lipinski definition) is 2. The Morgan fingerprint density at radius 3 is 2.60 bits per heavy atom. The fraction of sp³-hybridized carbons (Fsp3) is 0.0417. The largest absolute Gasteiger partial charge is 0.434 e. The summed E-state index contributed by atoms with van der Waals surface area (Å²) in [6.07, 6.45) is 4.18. The smallest absolute Gasteiger partial charge is 0.247 e. The molecule has 0 atom stereocenters. The first-order valence-corrected chi connectivity index (χ1v) is 10.4. The first kappa shape index (κ1) is 21.8. The number of fused-ring (bicyclic) bond motifs is 1. The van der Waals surface area contributed by atoms with Crippen molar-refractivity contribution in [1.29, 1.82) is 0 Å². The summed E-state index contributed by atoms with van der Waals surface area (Å²) >= 11 is 0. The van der Waals surface area contributed by atoms with Crippen molar-refractivity contribution in [3.8, 4) is 34.0 Å². The van der Waals surface area contributed by atoms with Gasteiger partial charge in [-0.1, -0.05) is 24.8 Å². The number of ether oxygens (including phenoxy) is 1. The molecule has 3 aromatic heterocycles. The fourth-order valence-corrected chi connectivity index (χ4v) is 3.60. The molecule has 10 nitrogen and oxygen atoms in total. The van der Waals surface area contributed by atoms with Crippen LogP contribution in [-0.2, 0) is 11.8 Å². The molecule has 11 heteroatoms. The summed E-state index contributed by atoms with van der Waals surface area (Å²) in [5.41, 5.74) is 9.45. The monoisotopic (exact) mass is 470 g/mol. The van der Waals surface area contributed by atoms with Crippen LogP contribution in [-0.4, -0.2) is 35.5 Å². The van der Waals surface area contributed by atoms with Crippen molar-refractivity contribution in [1.82, 2.24) is 29.6 Å². The predicted octanol–water partition coefficient (Wildman–Crippen LogP) is 3.83. The van der Waals surface area contributed by atoms with Crippen molar-refractivity contribution in [3.63, 3.8) is 0 Å². The second kappa shape index (κ2) is 8.71. The number of nitrogens with one attached hydrogen (secondary N) is 1. The highest BCUT2D eigenvalue weighted by molar-refractivity contribution is 5.99. The highest BCUT2D eigenvalue weighted by Crippen LogP contribution is 2.38. The maximum absolute atomic E-state index is 15.1. The van der Waals surface area contributed by atoms with E-state index in [1.54, 1.807) is 54.3 Å². The summed E-state index contributed by atoms with van der Waals surface area (Å²) in [7, 11) is 1.74. The molecule has 0 aliphatic carbocycles. The Balaban J connectivity index is 1.59. The van der Waals surface area contributed by atoms with Crippen LogP contribution in [0.25, 0.3) is 27.9 Å². The van der Waals surface area contributed by atoms with Crippen molar-refractivity contribution in [2.45, 2.75) is 0 Å². The Labute approximate surface area is 198 Å². The van der Waals surface area contributed by atoms with E-state index >= 15 is 4.39 Å². The number of benzene rings is 2. The average Bonchev–Trinajstić information content (AvgIpc) is 3.45. The lowest BCUT2D eigenvalue weighted by atomic mass is 9.99. The second-order valence-electron chi connectivity index (χ2n) is 7.55. The number of nitrogens with two attached hydrogens (primary N) is 1. The van der Waals surface area contributed by atoms with E-state index in [0.29, 0.717) is 33.6 Å². The lowest BCUT2D eigenvalue weighted by Crippen LogP contribution is -2.06. The number of aryl methyl sites for hydroxylation is 1. The van der Waals surface area contributed by atoms with E-state index in [4.69, 9.17) is 10.5 Å². The quantitative estimate of drug-likeness (QED) is 0.361. The lowest BCUT2D eigenvalue weighted by Gasteiger charge is -2.09. The van der Waals surface area contributed by atoms with Crippen LogP contribution in [0.15, 0.2) is 73.7 Å². The lowest BCUT2D eigenvalue weighted by molar-refractivity contribution is -0.111. The predicted molar refractivity (Wildman–Crippen MR) is 128 cm³/mol. The van der Waals surface area contributed by atoms with E-state index in [1.807, 2.05) is 0 Å². The Kier molecular flexibility index (Phi) is 5.41. The minimum absolute atomic E-state index is 0.0250. The van der Waals surface area contributed by atoms with Gasteiger partial charge in [0.1, 0.15) is 17.5 Å². The zero-order valence-electron chi connectivity index (χ0n) is 18.5. The number of rotatable bonds is 6. The van der Waals surface area contributed by atoms with Crippen molar-refractivity contribution in [3.05, 3.63) is 79.5 Å². The number of nitrogen functional groups attached to an aromatic ring is 1. The number of carbonyl (C=O) groups is 1. The molecule has 0 radical (unpaired) electrons. The summed E-state index contributed by atoms with van der Waals surface area (Å²) in [4.78, 5) is 15.7. The van der Waals surface area contributed by atoms with Crippen molar-refractivity contribution in [2.24, 2.45) is 7.05 Å². The molecule has 0 saturated heterocycles. The van der Waals surface area contributed by atoms with E-state index in [0.717, 1.165) is 0 Å². The van der Waals surface area contributed by atoms with Crippen molar-refractivity contribution in [2.75, 3.05) is 11.1 Å². The van der Waals surface area contributed by atoms with E-state index < -0.39 is 5.82 Å². The minimum atomic E-state index is -0.587. The molecule has 5 aromatic rings. The average molecular weight is 470 g/mol. The topological polar surface area (TPSA) is 125 Å². The Morgan fingerprint density at radius 1 is 1.14 bits per heavy atom. The molecule has 1 amide bonds. The second-order valence-corrected chi connectivity index (χ2v) is 7.55. The van der Waals surface area contributed by atoms with Gasteiger partial charge in [-0.2, -0.15) is 0 Å². The summed E-state index contributed by atoms with van der Waals surface area (Å²) in [6.45, 7) is 3.44. The van der Waals surface area contributed by atoms with E-state index in [-0.39, 0.29) is 23.4 Å². The molecule has 35 heavy (non-hydrogen) atoms. The highest BCUT2D eigenvalue weighted by atomic mass is 19.1. The number of hydrogen-bond acceptors (Lipinski definition) is 7. The molecule has 3 heterocycles. The first-order valence-electron chi connectivity index (χ1n) is 10.4. The fourth-order valence-electron chi connectivity index (χ4n) is 3.60. The third kappa shape index (κ3) is 4.17.